The molecule has 6 heteroatoms. The number of carbonyl (C=O) groups is 1. The summed E-state index contributed by atoms with van der Waals surface area (Å²) in [6, 6.07) is 10.6. The number of allylic oxidation sites excluding steroid dienone is 2. The second-order valence-electron chi connectivity index (χ2n) is 6.12. The SMILES string of the molecule is C=C/C(=C(/O)CC(C)Oc1ccccc1CC(=O)O)c1ccnc(CN)c1. The van der Waals surface area contributed by atoms with Crippen molar-refractivity contribution in [2.45, 2.75) is 32.4 Å². The number of carboxylic acids is 1. The number of aromatic nitrogens is 1. The van der Waals surface area contributed by atoms with E-state index in [1.807, 2.05) is 6.92 Å². The first-order chi connectivity index (χ1) is 12.9. The van der Waals surface area contributed by atoms with Gasteiger partial charge in [-0.2, -0.15) is 0 Å². The van der Waals surface area contributed by atoms with Crippen molar-refractivity contribution >= 4 is 11.5 Å². The molecule has 27 heavy (non-hydrogen) atoms. The first kappa shape index (κ1) is 20.2. The van der Waals surface area contributed by atoms with E-state index < -0.39 is 5.97 Å². The van der Waals surface area contributed by atoms with E-state index in [0.717, 1.165) is 5.56 Å². The van der Waals surface area contributed by atoms with Gasteiger partial charge in [0, 0.05) is 30.3 Å². The molecule has 1 heterocycles. The van der Waals surface area contributed by atoms with Gasteiger partial charge in [-0.1, -0.05) is 30.9 Å². The number of pyridine rings is 1. The lowest BCUT2D eigenvalue weighted by atomic mass is 10.0. The van der Waals surface area contributed by atoms with Crippen LogP contribution in [-0.4, -0.2) is 27.3 Å². The molecule has 4 N–H and O–H groups in total. The fourth-order valence-electron chi connectivity index (χ4n) is 2.73. The molecule has 2 aromatic rings. The number of aliphatic hydroxyl groups is 1. The van der Waals surface area contributed by atoms with E-state index in [0.29, 0.717) is 29.1 Å². The van der Waals surface area contributed by atoms with E-state index in [1.165, 1.54) is 0 Å². The maximum absolute atomic E-state index is 11.0. The molecule has 0 aliphatic carbocycles. The number of para-hydroxylation sites is 1. The van der Waals surface area contributed by atoms with Gasteiger partial charge in [0.1, 0.15) is 17.6 Å². The molecule has 0 aliphatic rings. The van der Waals surface area contributed by atoms with Crippen molar-refractivity contribution in [2.24, 2.45) is 5.73 Å². The molecule has 0 amide bonds. The lowest BCUT2D eigenvalue weighted by Gasteiger charge is -2.18. The molecular formula is C21H24N2O4. The maximum Gasteiger partial charge on any atom is 0.307 e. The number of aliphatic hydroxyl groups excluding tert-OH is 1. The van der Waals surface area contributed by atoms with Crippen LogP contribution in [0.1, 0.15) is 30.2 Å². The summed E-state index contributed by atoms with van der Waals surface area (Å²) in [6.07, 6.45) is 2.96. The molecule has 1 atom stereocenters. The Kier molecular flexibility index (Phi) is 7.14. The van der Waals surface area contributed by atoms with Crippen molar-refractivity contribution in [1.29, 1.82) is 0 Å². The zero-order valence-electron chi connectivity index (χ0n) is 15.3. The standard InChI is InChI=1S/C21H24N2O4/c1-3-18(15-8-9-23-17(11-15)13-22)19(24)10-14(2)27-20-7-5-4-6-16(20)12-21(25)26/h3-9,11,14,24H,1,10,12-13,22H2,2H3,(H,25,26)/b19-18-. The average Bonchev–Trinajstić information content (AvgIpc) is 2.63. The zero-order chi connectivity index (χ0) is 19.8. The Morgan fingerprint density at radius 2 is 2.07 bits per heavy atom. The predicted octanol–water partition coefficient (Wildman–Crippen LogP) is 3.48. The number of nitrogens with two attached hydrogens (primary N) is 1. The molecule has 1 aromatic carbocycles. The molecule has 0 radical (unpaired) electrons. The summed E-state index contributed by atoms with van der Waals surface area (Å²) in [4.78, 5) is 15.1. The van der Waals surface area contributed by atoms with Gasteiger partial charge >= 0.3 is 5.97 Å². The van der Waals surface area contributed by atoms with E-state index in [9.17, 15) is 9.90 Å². The summed E-state index contributed by atoms with van der Waals surface area (Å²) in [5, 5.41) is 19.6. The minimum absolute atomic E-state index is 0.124. The van der Waals surface area contributed by atoms with Crippen LogP contribution in [-0.2, 0) is 17.8 Å². The first-order valence-electron chi connectivity index (χ1n) is 8.60. The number of rotatable bonds is 9. The highest BCUT2D eigenvalue weighted by Crippen LogP contribution is 2.25. The third-order valence-corrected chi connectivity index (χ3v) is 3.97. The van der Waals surface area contributed by atoms with Crippen LogP contribution in [0.3, 0.4) is 0 Å². The molecule has 142 valence electrons. The van der Waals surface area contributed by atoms with E-state index in [4.69, 9.17) is 15.6 Å². The number of hydrogen-bond donors (Lipinski definition) is 3. The lowest BCUT2D eigenvalue weighted by Crippen LogP contribution is -2.15. The molecule has 2 rings (SSSR count). The van der Waals surface area contributed by atoms with Crippen LogP contribution in [0.5, 0.6) is 5.75 Å². The molecule has 0 bridgehead atoms. The highest BCUT2D eigenvalue weighted by molar-refractivity contribution is 5.75. The van der Waals surface area contributed by atoms with Gasteiger partial charge in [-0.15, -0.1) is 0 Å². The molecule has 0 aliphatic heterocycles. The smallest absolute Gasteiger partial charge is 0.307 e. The van der Waals surface area contributed by atoms with Crippen molar-refractivity contribution in [1.82, 2.24) is 4.98 Å². The second-order valence-corrected chi connectivity index (χ2v) is 6.12. The van der Waals surface area contributed by atoms with Gasteiger partial charge in [-0.25, -0.2) is 0 Å². The van der Waals surface area contributed by atoms with E-state index in [-0.39, 0.29) is 24.7 Å². The van der Waals surface area contributed by atoms with E-state index >= 15 is 0 Å². The van der Waals surface area contributed by atoms with Crippen LogP contribution in [0.15, 0.2) is 61.0 Å². The van der Waals surface area contributed by atoms with Gasteiger partial charge in [0.05, 0.1) is 12.1 Å². The second kappa shape index (κ2) is 9.54. The molecule has 6 nitrogen and oxygen atoms in total. The molecule has 0 saturated carbocycles. The summed E-state index contributed by atoms with van der Waals surface area (Å²) in [5.74, 6) is -0.305. The fourth-order valence-corrected chi connectivity index (χ4v) is 2.73. The Bertz CT molecular complexity index is 846. The van der Waals surface area contributed by atoms with Crippen LogP contribution >= 0.6 is 0 Å². The Morgan fingerprint density at radius 1 is 1.33 bits per heavy atom. The van der Waals surface area contributed by atoms with E-state index in [2.05, 4.69) is 11.6 Å². The monoisotopic (exact) mass is 368 g/mol. The van der Waals surface area contributed by atoms with Crippen LogP contribution in [0, 0.1) is 0 Å². The summed E-state index contributed by atoms with van der Waals surface area (Å²) in [7, 11) is 0. The Balaban J connectivity index is 2.18. The normalized spacial score (nSPS) is 12.8. The maximum atomic E-state index is 11.0. The van der Waals surface area contributed by atoms with Crippen LogP contribution < -0.4 is 10.5 Å². The lowest BCUT2D eigenvalue weighted by molar-refractivity contribution is -0.136. The van der Waals surface area contributed by atoms with Crippen molar-refractivity contribution in [3.8, 4) is 5.75 Å². The Hall–Kier alpha value is -3.12. The Morgan fingerprint density at radius 3 is 2.74 bits per heavy atom. The number of aliphatic carboxylic acids is 1. The van der Waals surface area contributed by atoms with Crippen molar-refractivity contribution in [3.05, 3.63) is 77.8 Å². The summed E-state index contributed by atoms with van der Waals surface area (Å²) >= 11 is 0. The zero-order valence-corrected chi connectivity index (χ0v) is 15.3. The Labute approximate surface area is 158 Å². The topological polar surface area (TPSA) is 106 Å². The number of nitrogens with zero attached hydrogens (tertiary/aromatic N) is 1. The van der Waals surface area contributed by atoms with Gasteiger partial charge in [0.25, 0.3) is 0 Å². The summed E-state index contributed by atoms with van der Waals surface area (Å²) in [5.41, 5.74) is 8.29. The number of carboxylic acid groups (broad SMARTS) is 1. The van der Waals surface area contributed by atoms with Crippen LogP contribution in [0.2, 0.25) is 0 Å². The third kappa shape index (κ3) is 5.69. The predicted molar refractivity (Wildman–Crippen MR) is 104 cm³/mol. The number of ether oxygens (including phenoxy) is 1. The first-order valence-corrected chi connectivity index (χ1v) is 8.60. The summed E-state index contributed by atoms with van der Waals surface area (Å²) < 4.78 is 5.87. The molecule has 1 aromatic heterocycles. The largest absolute Gasteiger partial charge is 0.512 e. The third-order valence-electron chi connectivity index (χ3n) is 3.97. The molecule has 0 spiro atoms. The molecule has 0 saturated heterocycles. The van der Waals surface area contributed by atoms with E-state index in [1.54, 1.807) is 48.7 Å². The van der Waals surface area contributed by atoms with Crippen LogP contribution in [0.25, 0.3) is 5.57 Å². The average molecular weight is 368 g/mol. The highest BCUT2D eigenvalue weighted by atomic mass is 16.5. The quantitative estimate of drug-likeness (QED) is 0.462. The van der Waals surface area contributed by atoms with Gasteiger partial charge < -0.3 is 20.7 Å². The van der Waals surface area contributed by atoms with Crippen molar-refractivity contribution < 1.29 is 19.7 Å². The minimum Gasteiger partial charge on any atom is -0.512 e. The van der Waals surface area contributed by atoms with Gasteiger partial charge in [0.15, 0.2) is 0 Å². The minimum atomic E-state index is -0.927. The van der Waals surface area contributed by atoms with Crippen molar-refractivity contribution in [3.63, 3.8) is 0 Å². The van der Waals surface area contributed by atoms with Crippen molar-refractivity contribution in [2.75, 3.05) is 0 Å². The summed E-state index contributed by atoms with van der Waals surface area (Å²) in [6.45, 7) is 5.89. The fraction of sp³-hybridized carbons (Fsp3) is 0.238. The highest BCUT2D eigenvalue weighted by Gasteiger charge is 2.14. The molecular weight excluding hydrogens is 344 g/mol. The van der Waals surface area contributed by atoms with Gasteiger partial charge in [0.2, 0.25) is 0 Å². The molecule has 0 fully saturated rings. The van der Waals surface area contributed by atoms with Gasteiger partial charge in [-0.05, 0) is 30.7 Å². The number of hydrogen-bond acceptors (Lipinski definition) is 5. The number of benzene rings is 1. The van der Waals surface area contributed by atoms with Crippen LogP contribution in [0.4, 0.5) is 0 Å². The van der Waals surface area contributed by atoms with Gasteiger partial charge in [-0.3, -0.25) is 9.78 Å². The molecule has 1 unspecified atom stereocenters.